The highest BCUT2D eigenvalue weighted by molar-refractivity contribution is 7.12. The zero-order valence-corrected chi connectivity index (χ0v) is 17.3. The maximum atomic E-state index is 13.0. The summed E-state index contributed by atoms with van der Waals surface area (Å²) in [6.45, 7) is 2.85. The second-order valence-electron chi connectivity index (χ2n) is 7.90. The number of esters is 1. The van der Waals surface area contributed by atoms with Gasteiger partial charge in [-0.1, -0.05) is 12.1 Å². The van der Waals surface area contributed by atoms with Crippen molar-refractivity contribution in [3.05, 3.63) is 44.8 Å². The van der Waals surface area contributed by atoms with Gasteiger partial charge in [0.1, 0.15) is 12.4 Å². The van der Waals surface area contributed by atoms with Crippen molar-refractivity contribution in [2.75, 3.05) is 19.6 Å². The predicted octanol–water partition coefficient (Wildman–Crippen LogP) is 3.42. The van der Waals surface area contributed by atoms with Crippen molar-refractivity contribution < 1.29 is 19.4 Å². The fourth-order valence-corrected chi connectivity index (χ4v) is 6.13. The Hall–Kier alpha value is -1.54. The van der Waals surface area contributed by atoms with Crippen molar-refractivity contribution in [1.82, 2.24) is 4.90 Å². The molecule has 7 heteroatoms. The van der Waals surface area contributed by atoms with Crippen LogP contribution >= 0.6 is 22.7 Å². The Morgan fingerprint density at radius 1 is 1.21 bits per heavy atom. The number of aldehydes is 1. The minimum atomic E-state index is -1.72. The molecule has 0 bridgehead atoms. The van der Waals surface area contributed by atoms with Crippen LogP contribution < -0.4 is 0 Å². The summed E-state index contributed by atoms with van der Waals surface area (Å²) >= 11 is 2.73. The highest BCUT2D eigenvalue weighted by atomic mass is 32.1. The number of piperidine rings is 1. The van der Waals surface area contributed by atoms with Gasteiger partial charge in [-0.3, -0.25) is 0 Å². The van der Waals surface area contributed by atoms with Gasteiger partial charge in [0.15, 0.2) is 0 Å². The molecule has 2 aliphatic rings. The molecule has 0 unspecified atom stereocenters. The maximum Gasteiger partial charge on any atom is 0.349 e. The number of carbonyl (C=O) groups excluding carboxylic acids is 2. The van der Waals surface area contributed by atoms with E-state index in [-0.39, 0.29) is 11.5 Å². The smallest absolute Gasteiger partial charge is 0.349 e. The number of hydrogen-bond donors (Lipinski definition) is 1. The lowest BCUT2D eigenvalue weighted by Gasteiger charge is -2.51. The third kappa shape index (κ3) is 3.68. The maximum absolute atomic E-state index is 13.0. The van der Waals surface area contributed by atoms with E-state index in [1.165, 1.54) is 22.7 Å². The topological polar surface area (TPSA) is 66.8 Å². The number of ether oxygens (including phenoxy) is 1. The molecule has 1 aliphatic heterocycles. The summed E-state index contributed by atoms with van der Waals surface area (Å²) in [6, 6.07) is 7.23. The number of aliphatic hydroxyl groups is 1. The van der Waals surface area contributed by atoms with Crippen LogP contribution in [0.15, 0.2) is 35.0 Å². The first-order valence-electron chi connectivity index (χ1n) is 9.73. The molecule has 150 valence electrons. The van der Waals surface area contributed by atoms with Crippen LogP contribution in [0.4, 0.5) is 0 Å². The van der Waals surface area contributed by atoms with E-state index in [0.29, 0.717) is 16.2 Å². The van der Waals surface area contributed by atoms with Crippen molar-refractivity contribution in [3.63, 3.8) is 0 Å². The summed E-state index contributed by atoms with van der Waals surface area (Å²) in [4.78, 5) is 27.1. The number of likely N-dealkylation sites (tertiary alicyclic amines) is 1. The van der Waals surface area contributed by atoms with Gasteiger partial charge in [-0.05, 0) is 67.1 Å². The van der Waals surface area contributed by atoms with Crippen LogP contribution in [0.25, 0.3) is 0 Å². The van der Waals surface area contributed by atoms with E-state index in [9.17, 15) is 14.7 Å². The molecule has 0 atom stereocenters. The molecule has 4 rings (SSSR count). The van der Waals surface area contributed by atoms with Crippen LogP contribution in [0.3, 0.4) is 0 Å². The minimum absolute atomic E-state index is 0.125. The average molecular weight is 420 g/mol. The molecule has 2 aromatic rings. The third-order valence-corrected chi connectivity index (χ3v) is 8.08. The van der Waals surface area contributed by atoms with Gasteiger partial charge in [-0.2, -0.15) is 0 Å². The molecular weight excluding hydrogens is 394 g/mol. The van der Waals surface area contributed by atoms with Gasteiger partial charge in [-0.15, -0.1) is 22.7 Å². The molecule has 28 heavy (non-hydrogen) atoms. The Morgan fingerprint density at radius 3 is 2.32 bits per heavy atom. The second-order valence-corrected chi connectivity index (χ2v) is 9.79. The Kier molecular flexibility index (Phi) is 5.69. The van der Waals surface area contributed by atoms with Crippen molar-refractivity contribution in [2.45, 2.75) is 43.8 Å². The number of hydrogen-bond acceptors (Lipinski definition) is 7. The SMILES string of the molecule is O=CCCN1CCC2(CC1)CC(OC(=O)C(O)(c1cccs1)c1cccs1)C2. The van der Waals surface area contributed by atoms with E-state index in [4.69, 9.17) is 4.74 Å². The lowest BCUT2D eigenvalue weighted by atomic mass is 9.61. The first-order chi connectivity index (χ1) is 13.6. The zero-order chi connectivity index (χ0) is 19.6. The van der Waals surface area contributed by atoms with Crippen molar-refractivity contribution in [1.29, 1.82) is 0 Å². The first-order valence-corrected chi connectivity index (χ1v) is 11.5. The van der Waals surface area contributed by atoms with Crippen LogP contribution in [-0.4, -0.2) is 48.0 Å². The molecule has 3 heterocycles. The van der Waals surface area contributed by atoms with Crippen LogP contribution in [0.5, 0.6) is 0 Å². The number of carbonyl (C=O) groups is 2. The molecule has 0 amide bonds. The van der Waals surface area contributed by atoms with Gasteiger partial charge < -0.3 is 19.5 Å². The lowest BCUT2D eigenvalue weighted by Crippen LogP contribution is -2.52. The minimum Gasteiger partial charge on any atom is -0.460 e. The lowest BCUT2D eigenvalue weighted by molar-refractivity contribution is -0.181. The number of nitrogens with zero attached hydrogens (tertiary/aromatic N) is 1. The van der Waals surface area contributed by atoms with Gasteiger partial charge in [0.25, 0.3) is 0 Å². The van der Waals surface area contributed by atoms with E-state index in [1.54, 1.807) is 12.1 Å². The third-order valence-electron chi connectivity index (χ3n) is 6.13. The summed E-state index contributed by atoms with van der Waals surface area (Å²) in [7, 11) is 0. The van der Waals surface area contributed by atoms with Crippen molar-refractivity contribution >= 4 is 34.9 Å². The molecule has 1 spiro atoms. The van der Waals surface area contributed by atoms with Gasteiger partial charge in [0, 0.05) is 13.0 Å². The van der Waals surface area contributed by atoms with Crippen molar-refractivity contribution in [2.24, 2.45) is 5.41 Å². The summed E-state index contributed by atoms with van der Waals surface area (Å²) in [6.07, 6.45) is 5.35. The quantitative estimate of drug-likeness (QED) is 0.550. The van der Waals surface area contributed by atoms with Crippen LogP contribution in [-0.2, 0) is 19.9 Å². The zero-order valence-electron chi connectivity index (χ0n) is 15.7. The largest absolute Gasteiger partial charge is 0.460 e. The highest BCUT2D eigenvalue weighted by Gasteiger charge is 2.51. The van der Waals surface area contributed by atoms with Gasteiger partial charge in [0.2, 0.25) is 5.60 Å². The van der Waals surface area contributed by atoms with E-state index < -0.39 is 11.6 Å². The molecule has 0 radical (unpaired) electrons. The summed E-state index contributed by atoms with van der Waals surface area (Å²) in [5.41, 5.74) is -1.46. The van der Waals surface area contributed by atoms with Crippen molar-refractivity contribution in [3.8, 4) is 0 Å². The van der Waals surface area contributed by atoms with E-state index in [2.05, 4.69) is 4.90 Å². The van der Waals surface area contributed by atoms with E-state index in [1.807, 2.05) is 22.9 Å². The van der Waals surface area contributed by atoms with Gasteiger partial charge in [0.05, 0.1) is 9.75 Å². The Labute approximate surface area is 172 Å². The predicted molar refractivity (Wildman–Crippen MR) is 110 cm³/mol. The molecule has 2 aromatic heterocycles. The fraction of sp³-hybridized carbons (Fsp3) is 0.524. The Bertz CT molecular complexity index is 752. The number of rotatable bonds is 7. The summed E-state index contributed by atoms with van der Waals surface area (Å²) < 4.78 is 5.78. The summed E-state index contributed by atoms with van der Waals surface area (Å²) in [5.74, 6) is -0.569. The normalized spacial score (nSPS) is 20.0. The van der Waals surface area contributed by atoms with Gasteiger partial charge in [-0.25, -0.2) is 4.79 Å². The fourth-order valence-electron chi connectivity index (χ4n) is 4.41. The molecule has 0 aromatic carbocycles. The van der Waals surface area contributed by atoms with Crippen LogP contribution in [0.2, 0.25) is 0 Å². The second kappa shape index (κ2) is 8.06. The average Bonchev–Trinajstić information content (AvgIpc) is 3.39. The molecule has 5 nitrogen and oxygen atoms in total. The first kappa shape index (κ1) is 19.8. The standard InChI is InChI=1S/C21H25NO4S2/c23-11-3-8-22-9-6-20(7-10-22)14-16(15-20)26-19(24)21(25,17-4-1-12-27-17)18-5-2-13-28-18/h1-2,4-5,11-13,16,25H,3,6-10,14-15H2. The molecule has 1 saturated heterocycles. The molecule has 1 N–H and O–H groups in total. The van der Waals surface area contributed by atoms with E-state index in [0.717, 1.165) is 51.6 Å². The molecular formula is C21H25NO4S2. The van der Waals surface area contributed by atoms with Crippen LogP contribution in [0, 0.1) is 5.41 Å². The van der Waals surface area contributed by atoms with Gasteiger partial charge >= 0.3 is 5.97 Å². The molecule has 1 saturated carbocycles. The summed E-state index contributed by atoms with van der Waals surface area (Å²) in [5, 5.41) is 15.0. The highest BCUT2D eigenvalue weighted by Crippen LogP contribution is 2.51. The molecule has 1 aliphatic carbocycles. The molecule has 2 fully saturated rings. The Balaban J connectivity index is 1.37. The number of thiophene rings is 2. The monoisotopic (exact) mass is 419 g/mol. The van der Waals surface area contributed by atoms with E-state index >= 15 is 0 Å². The Morgan fingerprint density at radius 2 is 1.82 bits per heavy atom. The van der Waals surface area contributed by atoms with Crippen LogP contribution in [0.1, 0.15) is 41.9 Å².